The molecule has 0 bridgehead atoms. The summed E-state index contributed by atoms with van der Waals surface area (Å²) in [5.74, 6) is -1.12. The Morgan fingerprint density at radius 2 is 2.17 bits per heavy atom. The fourth-order valence-electron chi connectivity index (χ4n) is 1.35. The molecule has 0 aliphatic carbocycles. The van der Waals surface area contributed by atoms with Gasteiger partial charge in [0.15, 0.2) is 0 Å². The maximum Gasteiger partial charge on any atom is 1.00 e. The summed E-state index contributed by atoms with van der Waals surface area (Å²) in [7, 11) is 0. The number of hydrogen-bond donors (Lipinski definition) is 1. The maximum absolute atomic E-state index is 10.4. The van der Waals surface area contributed by atoms with Crippen molar-refractivity contribution in [3.63, 3.8) is 0 Å². The fourth-order valence-corrected chi connectivity index (χ4v) is 1.35. The van der Waals surface area contributed by atoms with Crippen molar-refractivity contribution in [2.45, 2.75) is 25.8 Å². The number of aliphatic carboxylic acids is 1. The number of carboxylic acid groups (broad SMARTS) is 1. The molecule has 4 nitrogen and oxygen atoms in total. The van der Waals surface area contributed by atoms with Crippen LogP contribution >= 0.6 is 0 Å². The van der Waals surface area contributed by atoms with Crippen LogP contribution in [-0.4, -0.2) is 24.0 Å². The van der Waals surface area contributed by atoms with Crippen molar-refractivity contribution >= 4 is 5.97 Å². The summed E-state index contributed by atoms with van der Waals surface area (Å²) in [6.07, 6.45) is 1.43. The standard InChI is InChI=1S/C7H13NO2.K.H2O/c1-5-4-6(7(9)10)2-3-8-5;;/h5-6,8H,2-4H2,1H3,(H,9,10);;1H2/q;+1;/p-1. The van der Waals surface area contributed by atoms with Crippen molar-refractivity contribution in [1.82, 2.24) is 5.32 Å². The van der Waals surface area contributed by atoms with Gasteiger partial charge in [0.2, 0.25) is 0 Å². The average molecular weight is 199 g/mol. The molecule has 0 saturated carbocycles. The van der Waals surface area contributed by atoms with Gasteiger partial charge in [0.25, 0.3) is 0 Å². The van der Waals surface area contributed by atoms with E-state index in [2.05, 4.69) is 5.32 Å². The third-order valence-electron chi connectivity index (χ3n) is 1.96. The molecule has 1 aliphatic rings. The smallest absolute Gasteiger partial charge is 0.550 e. The second-order valence-corrected chi connectivity index (χ2v) is 2.90. The molecule has 0 aromatic heterocycles. The van der Waals surface area contributed by atoms with Crippen molar-refractivity contribution in [1.29, 1.82) is 0 Å². The normalized spacial score (nSPS) is 28.1. The number of carbonyl (C=O) groups is 1. The molecule has 0 amide bonds. The third kappa shape index (κ3) is 4.91. The van der Waals surface area contributed by atoms with Gasteiger partial charge in [-0.15, -0.1) is 0 Å². The zero-order valence-corrected chi connectivity index (χ0v) is 10.7. The number of carbonyl (C=O) groups excluding carboxylic acids is 1. The Morgan fingerprint density at radius 3 is 2.50 bits per heavy atom. The Kier molecular flexibility index (Phi) is 9.60. The summed E-state index contributed by atoms with van der Waals surface area (Å²) in [4.78, 5) is 10.4. The third-order valence-corrected chi connectivity index (χ3v) is 1.96. The van der Waals surface area contributed by atoms with Gasteiger partial charge in [-0.25, -0.2) is 0 Å². The summed E-state index contributed by atoms with van der Waals surface area (Å²) in [5, 5.41) is 13.5. The Balaban J connectivity index is 0. The van der Waals surface area contributed by atoms with Crippen LogP contribution in [0.5, 0.6) is 0 Å². The molecular weight excluding hydrogens is 185 g/mol. The van der Waals surface area contributed by atoms with Crippen LogP contribution in [0.2, 0.25) is 0 Å². The fraction of sp³-hybridized carbons (Fsp3) is 0.857. The van der Waals surface area contributed by atoms with Crippen molar-refractivity contribution in [2.24, 2.45) is 5.92 Å². The van der Waals surface area contributed by atoms with E-state index in [0.29, 0.717) is 18.9 Å². The number of carboxylic acids is 1. The predicted octanol–water partition coefficient (Wildman–Crippen LogP) is -4.70. The van der Waals surface area contributed by atoms with Crippen LogP contribution in [0.15, 0.2) is 0 Å². The zero-order chi connectivity index (χ0) is 7.56. The minimum absolute atomic E-state index is 0. The quantitative estimate of drug-likeness (QED) is 0.431. The second-order valence-electron chi connectivity index (χ2n) is 2.90. The van der Waals surface area contributed by atoms with Crippen molar-refractivity contribution in [3.05, 3.63) is 0 Å². The van der Waals surface area contributed by atoms with Gasteiger partial charge in [-0.05, 0) is 26.3 Å². The van der Waals surface area contributed by atoms with E-state index < -0.39 is 5.97 Å². The van der Waals surface area contributed by atoms with Gasteiger partial charge in [0.05, 0.1) is 0 Å². The first-order valence-electron chi connectivity index (χ1n) is 3.64. The Hall–Kier alpha value is 1.03. The number of nitrogens with one attached hydrogen (secondary N) is 1. The van der Waals surface area contributed by atoms with Crippen LogP contribution in [0.1, 0.15) is 19.8 Å². The van der Waals surface area contributed by atoms with Crippen LogP contribution in [0.4, 0.5) is 0 Å². The Morgan fingerprint density at radius 1 is 1.58 bits per heavy atom. The largest absolute Gasteiger partial charge is 1.00 e. The van der Waals surface area contributed by atoms with E-state index in [1.54, 1.807) is 0 Å². The van der Waals surface area contributed by atoms with E-state index in [1.165, 1.54) is 0 Å². The molecule has 1 heterocycles. The van der Waals surface area contributed by atoms with Crippen LogP contribution < -0.4 is 61.8 Å². The predicted molar refractivity (Wildman–Crippen MR) is 38.8 cm³/mol. The number of piperidine rings is 1. The van der Waals surface area contributed by atoms with Gasteiger partial charge in [-0.1, -0.05) is 0 Å². The van der Waals surface area contributed by atoms with Crippen molar-refractivity contribution < 1.29 is 66.8 Å². The molecule has 5 heteroatoms. The van der Waals surface area contributed by atoms with Gasteiger partial charge in [0, 0.05) is 17.9 Å². The molecule has 1 rings (SSSR count). The molecule has 66 valence electrons. The Bertz CT molecular complexity index is 143. The monoisotopic (exact) mass is 199 g/mol. The maximum atomic E-state index is 10.4. The van der Waals surface area contributed by atoms with Gasteiger partial charge in [-0.3, -0.25) is 0 Å². The number of rotatable bonds is 1. The molecule has 3 N–H and O–H groups in total. The average Bonchev–Trinajstić information content (AvgIpc) is 1.88. The molecular formula is C7H14KNO3. The van der Waals surface area contributed by atoms with E-state index >= 15 is 0 Å². The first kappa shape index (κ1) is 15.5. The molecule has 0 aromatic carbocycles. The molecule has 12 heavy (non-hydrogen) atoms. The summed E-state index contributed by atoms with van der Waals surface area (Å²) in [5.41, 5.74) is 0. The summed E-state index contributed by atoms with van der Waals surface area (Å²) >= 11 is 0. The molecule has 1 saturated heterocycles. The van der Waals surface area contributed by atoms with E-state index in [1.807, 2.05) is 6.92 Å². The minimum atomic E-state index is -0.895. The van der Waals surface area contributed by atoms with Gasteiger partial charge in [0.1, 0.15) is 0 Å². The second kappa shape index (κ2) is 7.43. The Labute approximate surface area is 115 Å². The van der Waals surface area contributed by atoms with Gasteiger partial charge in [-0.2, -0.15) is 0 Å². The minimum Gasteiger partial charge on any atom is -0.550 e. The molecule has 2 atom stereocenters. The van der Waals surface area contributed by atoms with Crippen LogP contribution in [0.25, 0.3) is 0 Å². The van der Waals surface area contributed by atoms with Crippen LogP contribution in [0, 0.1) is 5.92 Å². The summed E-state index contributed by atoms with van der Waals surface area (Å²) < 4.78 is 0. The molecule has 1 aliphatic heterocycles. The summed E-state index contributed by atoms with van der Waals surface area (Å²) in [6.45, 7) is 2.80. The van der Waals surface area contributed by atoms with Gasteiger partial charge < -0.3 is 20.7 Å². The number of hydrogen-bond acceptors (Lipinski definition) is 3. The van der Waals surface area contributed by atoms with Crippen molar-refractivity contribution in [2.75, 3.05) is 6.54 Å². The first-order valence-corrected chi connectivity index (χ1v) is 3.64. The van der Waals surface area contributed by atoms with Gasteiger partial charge >= 0.3 is 51.4 Å². The van der Waals surface area contributed by atoms with Crippen LogP contribution in [-0.2, 0) is 4.79 Å². The van der Waals surface area contributed by atoms with Crippen LogP contribution in [0.3, 0.4) is 0 Å². The van der Waals surface area contributed by atoms with Crippen molar-refractivity contribution in [3.8, 4) is 0 Å². The molecule has 1 fully saturated rings. The first-order chi connectivity index (χ1) is 4.70. The molecule has 0 aromatic rings. The van der Waals surface area contributed by atoms with E-state index in [0.717, 1.165) is 6.54 Å². The summed E-state index contributed by atoms with van der Waals surface area (Å²) in [6, 6.07) is 0.330. The topological polar surface area (TPSA) is 83.7 Å². The van der Waals surface area contributed by atoms with E-state index in [4.69, 9.17) is 0 Å². The molecule has 0 radical (unpaired) electrons. The molecule has 2 unspecified atom stereocenters. The zero-order valence-electron chi connectivity index (χ0n) is 7.59. The SMILES string of the molecule is CC1CC(C(=O)[O-])CCN1.O.[K+]. The van der Waals surface area contributed by atoms with E-state index in [-0.39, 0.29) is 62.8 Å². The van der Waals surface area contributed by atoms with E-state index in [9.17, 15) is 9.90 Å². The molecule has 0 spiro atoms.